The average Bonchev–Trinajstić information content (AvgIpc) is 2.83. The molecule has 6 heteroatoms. The Bertz CT molecular complexity index is 585. The fourth-order valence-electron chi connectivity index (χ4n) is 2.66. The number of benzene rings is 1. The van der Waals surface area contributed by atoms with Crippen molar-refractivity contribution in [1.29, 1.82) is 0 Å². The van der Waals surface area contributed by atoms with Gasteiger partial charge in [0, 0.05) is 11.6 Å². The van der Waals surface area contributed by atoms with Gasteiger partial charge in [0.2, 0.25) is 0 Å². The van der Waals surface area contributed by atoms with Gasteiger partial charge in [-0.25, -0.2) is 8.42 Å². The molecule has 1 fully saturated rings. The molecule has 5 nitrogen and oxygen atoms in total. The zero-order valence-corrected chi connectivity index (χ0v) is 13.6. The van der Waals surface area contributed by atoms with Gasteiger partial charge in [0.25, 0.3) is 0 Å². The monoisotopic (exact) mass is 313 g/mol. The van der Waals surface area contributed by atoms with E-state index in [1.807, 2.05) is 25.1 Å². The van der Waals surface area contributed by atoms with E-state index >= 15 is 0 Å². The second-order valence-electron chi connectivity index (χ2n) is 5.51. The third kappa shape index (κ3) is 4.11. The minimum atomic E-state index is -2.82. The molecule has 1 saturated heterocycles. The molecular weight excluding hydrogens is 290 g/mol. The standard InChI is InChI=1S/C15H23NO4S/c1-11(16-9-12-6-7-21(17,18)10-12)14-8-13(19-2)4-5-15(14)20-3/h4-5,8,11-12,16H,6-7,9-10H2,1-3H3. The molecule has 2 unspecified atom stereocenters. The SMILES string of the molecule is COc1ccc(OC)c(C(C)NCC2CCS(=O)(=O)C2)c1. The number of hydrogen-bond donors (Lipinski definition) is 1. The third-order valence-corrected chi connectivity index (χ3v) is 5.78. The van der Waals surface area contributed by atoms with E-state index in [4.69, 9.17) is 9.47 Å². The van der Waals surface area contributed by atoms with Crippen molar-refractivity contribution >= 4 is 9.84 Å². The minimum absolute atomic E-state index is 0.0679. The fourth-order valence-corrected chi connectivity index (χ4v) is 4.53. The van der Waals surface area contributed by atoms with E-state index in [2.05, 4.69) is 5.32 Å². The van der Waals surface area contributed by atoms with Gasteiger partial charge in [0.1, 0.15) is 11.5 Å². The lowest BCUT2D eigenvalue weighted by atomic mass is 10.0. The normalized spacial score (nSPS) is 22.0. The third-order valence-electron chi connectivity index (χ3n) is 3.94. The Morgan fingerprint density at radius 2 is 2.10 bits per heavy atom. The van der Waals surface area contributed by atoms with Crippen LogP contribution < -0.4 is 14.8 Å². The van der Waals surface area contributed by atoms with E-state index in [0.29, 0.717) is 18.1 Å². The van der Waals surface area contributed by atoms with Crippen LogP contribution >= 0.6 is 0 Å². The first kappa shape index (κ1) is 16.1. The number of hydrogen-bond acceptors (Lipinski definition) is 5. The Balaban J connectivity index is 2.01. The van der Waals surface area contributed by atoms with Crippen LogP contribution in [0.25, 0.3) is 0 Å². The molecule has 0 bridgehead atoms. The lowest BCUT2D eigenvalue weighted by Gasteiger charge is -2.20. The summed E-state index contributed by atoms with van der Waals surface area (Å²) in [5, 5.41) is 3.40. The summed E-state index contributed by atoms with van der Waals surface area (Å²) >= 11 is 0. The first-order valence-corrected chi connectivity index (χ1v) is 8.93. The number of sulfone groups is 1. The summed E-state index contributed by atoms with van der Waals surface area (Å²) in [6.45, 7) is 2.74. The van der Waals surface area contributed by atoms with Gasteiger partial charge in [-0.05, 0) is 44.0 Å². The second-order valence-corrected chi connectivity index (χ2v) is 7.74. The van der Waals surface area contributed by atoms with Crippen molar-refractivity contribution in [1.82, 2.24) is 5.32 Å². The molecule has 0 amide bonds. The molecule has 1 aliphatic rings. The molecule has 0 saturated carbocycles. The summed E-state index contributed by atoms with van der Waals surface area (Å²) in [7, 11) is 0.456. The van der Waals surface area contributed by atoms with Crippen LogP contribution in [0, 0.1) is 5.92 Å². The molecule has 1 heterocycles. The highest BCUT2D eigenvalue weighted by atomic mass is 32.2. The van der Waals surface area contributed by atoms with E-state index in [-0.39, 0.29) is 12.0 Å². The molecule has 0 aromatic heterocycles. The molecule has 1 aromatic rings. The number of methoxy groups -OCH3 is 2. The maximum atomic E-state index is 11.5. The summed E-state index contributed by atoms with van der Waals surface area (Å²) in [5.74, 6) is 2.39. The highest BCUT2D eigenvalue weighted by molar-refractivity contribution is 7.91. The topological polar surface area (TPSA) is 64.6 Å². The Hall–Kier alpha value is -1.27. The second kappa shape index (κ2) is 6.66. The van der Waals surface area contributed by atoms with Crippen LogP contribution in [0.2, 0.25) is 0 Å². The first-order valence-electron chi connectivity index (χ1n) is 7.11. The number of ether oxygens (including phenoxy) is 2. The van der Waals surface area contributed by atoms with Crippen molar-refractivity contribution in [3.8, 4) is 11.5 Å². The maximum Gasteiger partial charge on any atom is 0.150 e. The molecular formula is C15H23NO4S. The quantitative estimate of drug-likeness (QED) is 0.867. The molecule has 0 radical (unpaired) electrons. The Morgan fingerprint density at radius 3 is 2.67 bits per heavy atom. The first-order chi connectivity index (χ1) is 9.95. The highest BCUT2D eigenvalue weighted by Gasteiger charge is 2.28. The predicted octanol–water partition coefficient (Wildman–Crippen LogP) is 1.79. The van der Waals surface area contributed by atoms with Crippen LogP contribution in [0.3, 0.4) is 0 Å². The van der Waals surface area contributed by atoms with Crippen LogP contribution in [0.5, 0.6) is 11.5 Å². The molecule has 2 atom stereocenters. The van der Waals surface area contributed by atoms with Crippen molar-refractivity contribution in [3.63, 3.8) is 0 Å². The zero-order valence-electron chi connectivity index (χ0n) is 12.8. The van der Waals surface area contributed by atoms with Crippen LogP contribution in [0.4, 0.5) is 0 Å². The molecule has 0 spiro atoms. The summed E-state index contributed by atoms with van der Waals surface area (Å²) in [5.41, 5.74) is 1.01. The molecule has 118 valence electrons. The number of rotatable bonds is 6. The summed E-state index contributed by atoms with van der Waals surface area (Å²) in [4.78, 5) is 0. The van der Waals surface area contributed by atoms with Gasteiger partial charge in [-0.1, -0.05) is 0 Å². The Kier molecular flexibility index (Phi) is 5.11. The average molecular weight is 313 g/mol. The predicted molar refractivity (Wildman–Crippen MR) is 82.7 cm³/mol. The van der Waals surface area contributed by atoms with E-state index in [9.17, 15) is 8.42 Å². The summed E-state index contributed by atoms with van der Waals surface area (Å²) < 4.78 is 33.6. The smallest absolute Gasteiger partial charge is 0.150 e. The zero-order chi connectivity index (χ0) is 15.5. The number of nitrogens with one attached hydrogen (secondary N) is 1. The highest BCUT2D eigenvalue weighted by Crippen LogP contribution is 2.29. The van der Waals surface area contributed by atoms with E-state index < -0.39 is 9.84 Å². The van der Waals surface area contributed by atoms with E-state index in [1.54, 1.807) is 14.2 Å². The van der Waals surface area contributed by atoms with Gasteiger partial charge in [-0.2, -0.15) is 0 Å². The van der Waals surface area contributed by atoms with Crippen molar-refractivity contribution in [2.45, 2.75) is 19.4 Å². The van der Waals surface area contributed by atoms with Crippen LogP contribution in [-0.4, -0.2) is 40.7 Å². The van der Waals surface area contributed by atoms with Crippen LogP contribution in [0.1, 0.15) is 24.9 Å². The van der Waals surface area contributed by atoms with Gasteiger partial charge in [0.15, 0.2) is 9.84 Å². The van der Waals surface area contributed by atoms with Gasteiger partial charge in [-0.15, -0.1) is 0 Å². The van der Waals surface area contributed by atoms with Crippen LogP contribution in [0.15, 0.2) is 18.2 Å². The Morgan fingerprint density at radius 1 is 1.33 bits per heavy atom. The lowest BCUT2D eigenvalue weighted by Crippen LogP contribution is -2.26. The van der Waals surface area contributed by atoms with Crippen molar-refractivity contribution in [2.75, 3.05) is 32.3 Å². The van der Waals surface area contributed by atoms with Crippen molar-refractivity contribution in [2.24, 2.45) is 5.92 Å². The minimum Gasteiger partial charge on any atom is -0.497 e. The summed E-state index contributed by atoms with van der Waals surface area (Å²) in [6, 6.07) is 5.76. The molecule has 1 aliphatic heterocycles. The molecule has 1 N–H and O–H groups in total. The van der Waals surface area contributed by atoms with E-state index in [1.165, 1.54) is 0 Å². The summed E-state index contributed by atoms with van der Waals surface area (Å²) in [6.07, 6.45) is 0.747. The fraction of sp³-hybridized carbons (Fsp3) is 0.600. The van der Waals surface area contributed by atoms with Crippen molar-refractivity contribution in [3.05, 3.63) is 23.8 Å². The van der Waals surface area contributed by atoms with Gasteiger partial charge < -0.3 is 14.8 Å². The molecule has 21 heavy (non-hydrogen) atoms. The molecule has 2 rings (SSSR count). The molecule has 0 aliphatic carbocycles. The lowest BCUT2D eigenvalue weighted by molar-refractivity contribution is 0.388. The molecule has 1 aromatic carbocycles. The Labute approximate surface area is 126 Å². The largest absolute Gasteiger partial charge is 0.497 e. The van der Waals surface area contributed by atoms with Crippen LogP contribution in [-0.2, 0) is 9.84 Å². The maximum absolute atomic E-state index is 11.5. The van der Waals surface area contributed by atoms with Crippen molar-refractivity contribution < 1.29 is 17.9 Å². The van der Waals surface area contributed by atoms with Gasteiger partial charge in [-0.3, -0.25) is 0 Å². The van der Waals surface area contributed by atoms with Gasteiger partial charge >= 0.3 is 0 Å². The van der Waals surface area contributed by atoms with Gasteiger partial charge in [0.05, 0.1) is 25.7 Å². The van der Waals surface area contributed by atoms with E-state index in [0.717, 1.165) is 23.5 Å².